The molecule has 6 nitrogen and oxygen atoms in total. The van der Waals surface area contributed by atoms with Crippen LogP contribution in [-0.2, 0) is 9.53 Å². The maximum atomic E-state index is 12.7. The Morgan fingerprint density at radius 3 is 2.38 bits per heavy atom. The van der Waals surface area contributed by atoms with Crippen molar-refractivity contribution in [2.75, 3.05) is 11.9 Å². The van der Waals surface area contributed by atoms with E-state index in [0.29, 0.717) is 10.7 Å². The van der Waals surface area contributed by atoms with E-state index in [-0.39, 0.29) is 35.5 Å². The van der Waals surface area contributed by atoms with E-state index in [2.05, 4.69) is 4.37 Å². The highest BCUT2D eigenvalue weighted by molar-refractivity contribution is 7.11. The van der Waals surface area contributed by atoms with Crippen LogP contribution in [0.2, 0.25) is 0 Å². The van der Waals surface area contributed by atoms with Crippen molar-refractivity contribution in [2.24, 2.45) is 11.8 Å². The highest BCUT2D eigenvalue weighted by atomic mass is 32.1. The third-order valence-electron chi connectivity index (χ3n) is 4.22. The van der Waals surface area contributed by atoms with Crippen LogP contribution in [0.3, 0.4) is 0 Å². The number of amides is 1. The van der Waals surface area contributed by atoms with Crippen LogP contribution in [-0.4, -0.2) is 40.6 Å². The van der Waals surface area contributed by atoms with E-state index in [0.717, 1.165) is 11.5 Å². The highest BCUT2D eigenvalue weighted by Crippen LogP contribution is 2.36. The first kappa shape index (κ1) is 15.9. The number of carbonyl (C=O) groups is 2. The number of hydrogen-bond donors (Lipinski definition) is 1. The minimum Gasteiger partial charge on any atom is -0.478 e. The molecule has 1 N–H and O–H groups in total. The Morgan fingerprint density at radius 1 is 1.29 bits per heavy atom. The first-order valence-corrected chi connectivity index (χ1v) is 7.65. The maximum absolute atomic E-state index is 12.7. The van der Waals surface area contributed by atoms with Crippen molar-refractivity contribution >= 4 is 28.4 Å². The summed E-state index contributed by atoms with van der Waals surface area (Å²) in [5.74, 6) is -1.36. The molecule has 2 heterocycles. The van der Waals surface area contributed by atoms with E-state index in [1.54, 1.807) is 14.0 Å². The molecule has 1 aromatic heterocycles. The van der Waals surface area contributed by atoms with Gasteiger partial charge in [-0.1, -0.05) is 6.92 Å². The Bertz CT molecular complexity index is 571. The lowest BCUT2D eigenvalue weighted by molar-refractivity contribution is -0.124. The smallest absolute Gasteiger partial charge is 0.340 e. The summed E-state index contributed by atoms with van der Waals surface area (Å²) < 4.78 is 9.76. The van der Waals surface area contributed by atoms with Crippen LogP contribution in [0.25, 0.3) is 0 Å². The Hall–Kier alpha value is -1.47. The van der Waals surface area contributed by atoms with Crippen LogP contribution >= 0.6 is 11.5 Å². The predicted octanol–water partition coefficient (Wildman–Crippen LogP) is 2.17. The molecule has 116 valence electrons. The quantitative estimate of drug-likeness (QED) is 0.925. The second kappa shape index (κ2) is 5.73. The molecule has 1 saturated heterocycles. The number of carboxylic acid groups (broad SMARTS) is 1. The number of anilines is 1. The van der Waals surface area contributed by atoms with Gasteiger partial charge in [0.15, 0.2) is 0 Å². The fraction of sp³-hybridized carbons (Fsp3) is 0.643. The molecule has 1 aliphatic rings. The maximum Gasteiger partial charge on any atom is 0.340 e. The summed E-state index contributed by atoms with van der Waals surface area (Å²) in [6.45, 7) is 7.45. The number of aryl methyl sites for hydroxylation is 1. The van der Waals surface area contributed by atoms with Crippen molar-refractivity contribution in [1.82, 2.24) is 4.37 Å². The number of rotatable bonds is 3. The van der Waals surface area contributed by atoms with E-state index in [4.69, 9.17) is 4.74 Å². The Balaban J connectivity index is 2.30. The average Bonchev–Trinajstić information content (AvgIpc) is 2.89. The average molecular weight is 312 g/mol. The molecule has 0 aromatic carbocycles. The van der Waals surface area contributed by atoms with Gasteiger partial charge in [0.1, 0.15) is 10.6 Å². The Labute approximate surface area is 127 Å². The van der Waals surface area contributed by atoms with Crippen LogP contribution in [0, 0.1) is 18.8 Å². The van der Waals surface area contributed by atoms with Gasteiger partial charge < -0.3 is 14.7 Å². The normalized spacial score (nSPS) is 28.6. The molecule has 7 heteroatoms. The van der Waals surface area contributed by atoms with Crippen LogP contribution in [0.4, 0.5) is 5.00 Å². The number of ether oxygens (including phenoxy) is 1. The monoisotopic (exact) mass is 312 g/mol. The number of hydrogen-bond acceptors (Lipinski definition) is 5. The minimum atomic E-state index is -1.06. The molecule has 0 saturated carbocycles. The molecule has 21 heavy (non-hydrogen) atoms. The van der Waals surface area contributed by atoms with Gasteiger partial charge in [-0.15, -0.1) is 0 Å². The summed E-state index contributed by atoms with van der Waals surface area (Å²) in [7, 11) is 1.60. The number of nitrogens with zero attached hydrogens (tertiary/aromatic N) is 2. The lowest BCUT2D eigenvalue weighted by Gasteiger charge is -2.24. The zero-order valence-electron chi connectivity index (χ0n) is 12.8. The summed E-state index contributed by atoms with van der Waals surface area (Å²) in [4.78, 5) is 25.5. The van der Waals surface area contributed by atoms with E-state index >= 15 is 0 Å². The molecule has 0 bridgehead atoms. The van der Waals surface area contributed by atoms with Gasteiger partial charge in [-0.3, -0.25) is 4.79 Å². The van der Waals surface area contributed by atoms with Gasteiger partial charge in [-0.25, -0.2) is 4.79 Å². The van der Waals surface area contributed by atoms with Gasteiger partial charge in [-0.05, 0) is 38.2 Å². The van der Waals surface area contributed by atoms with Crippen molar-refractivity contribution in [2.45, 2.75) is 39.9 Å². The number of carbonyl (C=O) groups excluding carboxylic acids is 1. The lowest BCUT2D eigenvalue weighted by Crippen LogP contribution is -2.39. The second-order valence-corrected chi connectivity index (χ2v) is 6.33. The molecular formula is C14H20N2O4S. The van der Waals surface area contributed by atoms with Crippen molar-refractivity contribution < 1.29 is 19.4 Å². The summed E-state index contributed by atoms with van der Waals surface area (Å²) in [6, 6.07) is 0. The molecule has 0 spiro atoms. The molecule has 1 aliphatic heterocycles. The second-order valence-electron chi connectivity index (χ2n) is 5.58. The van der Waals surface area contributed by atoms with Crippen molar-refractivity contribution in [3.63, 3.8) is 0 Å². The van der Waals surface area contributed by atoms with Crippen molar-refractivity contribution in [1.29, 1.82) is 0 Å². The topological polar surface area (TPSA) is 79.7 Å². The molecular weight excluding hydrogens is 292 g/mol. The zero-order valence-corrected chi connectivity index (χ0v) is 13.6. The number of aromatic nitrogens is 1. The minimum absolute atomic E-state index is 0.0180. The van der Waals surface area contributed by atoms with Gasteiger partial charge >= 0.3 is 5.97 Å². The summed E-state index contributed by atoms with van der Waals surface area (Å²) >= 11 is 1.04. The highest BCUT2D eigenvalue weighted by Gasteiger charge is 2.43. The van der Waals surface area contributed by atoms with Gasteiger partial charge in [0.25, 0.3) is 0 Å². The van der Waals surface area contributed by atoms with Gasteiger partial charge in [0.2, 0.25) is 5.91 Å². The van der Waals surface area contributed by atoms with Crippen molar-refractivity contribution in [3.8, 4) is 0 Å². The molecule has 1 aromatic rings. The van der Waals surface area contributed by atoms with Gasteiger partial charge in [0, 0.05) is 7.05 Å². The standard InChI is InChI=1S/C14H20N2O4S/c1-6-8(3)20-9(4)10(6)12(17)16(5)13-11(14(18)19)7(2)15-21-13/h6,8-10H,1-5H3,(H,18,19). The van der Waals surface area contributed by atoms with E-state index < -0.39 is 5.97 Å². The molecule has 2 rings (SSSR count). The fourth-order valence-electron chi connectivity index (χ4n) is 2.85. The van der Waals surface area contributed by atoms with Gasteiger partial charge in [-0.2, -0.15) is 4.37 Å². The van der Waals surface area contributed by atoms with E-state index in [1.165, 1.54) is 4.90 Å². The molecule has 4 atom stereocenters. The number of aromatic carboxylic acids is 1. The molecule has 1 amide bonds. The Kier molecular flexibility index (Phi) is 4.34. The van der Waals surface area contributed by atoms with Crippen molar-refractivity contribution in [3.05, 3.63) is 11.3 Å². The molecule has 0 aliphatic carbocycles. The third kappa shape index (κ3) is 2.67. The number of carboxylic acids is 1. The van der Waals surface area contributed by atoms with Crippen LogP contribution in [0.1, 0.15) is 36.8 Å². The van der Waals surface area contributed by atoms with Crippen LogP contribution < -0.4 is 4.90 Å². The zero-order chi connectivity index (χ0) is 15.9. The van der Waals surface area contributed by atoms with Crippen LogP contribution in [0.15, 0.2) is 0 Å². The lowest BCUT2D eigenvalue weighted by atomic mass is 9.88. The predicted molar refractivity (Wildman–Crippen MR) is 79.9 cm³/mol. The first-order chi connectivity index (χ1) is 9.75. The van der Waals surface area contributed by atoms with E-state index in [9.17, 15) is 14.7 Å². The van der Waals surface area contributed by atoms with Gasteiger partial charge in [0.05, 0.1) is 23.8 Å². The molecule has 1 fully saturated rings. The fourth-order valence-corrected chi connectivity index (χ4v) is 3.70. The van der Waals surface area contributed by atoms with E-state index in [1.807, 2.05) is 20.8 Å². The molecule has 0 radical (unpaired) electrons. The summed E-state index contributed by atoms with van der Waals surface area (Å²) in [5.41, 5.74) is 0.530. The largest absolute Gasteiger partial charge is 0.478 e. The Morgan fingerprint density at radius 2 is 1.90 bits per heavy atom. The summed E-state index contributed by atoms with van der Waals surface area (Å²) in [5, 5.41) is 9.66. The SMILES string of the molecule is Cc1nsc(N(C)C(=O)C2C(C)OC(C)C2C)c1C(=O)O. The third-order valence-corrected chi connectivity index (χ3v) is 5.24. The summed E-state index contributed by atoms with van der Waals surface area (Å²) in [6.07, 6.45) is -0.156. The first-order valence-electron chi connectivity index (χ1n) is 6.88. The van der Waals surface area contributed by atoms with Crippen LogP contribution in [0.5, 0.6) is 0 Å². The molecule has 4 unspecified atom stereocenters.